The van der Waals surface area contributed by atoms with E-state index in [4.69, 9.17) is 30.5 Å². The largest absolute Gasteiger partial charge is 0.489 e. The third-order valence-electron chi connectivity index (χ3n) is 14.6. The fourth-order valence-corrected chi connectivity index (χ4v) is 10.8. The molecule has 0 aliphatic carbocycles. The van der Waals surface area contributed by atoms with Crippen molar-refractivity contribution in [3.63, 3.8) is 0 Å². The molecule has 66 heavy (non-hydrogen) atoms. The molecule has 0 unspecified atom stereocenters. The Kier molecular flexibility index (Phi) is 17.0. The molecule has 0 aromatic heterocycles. The number of ether oxygens (including phenoxy) is 4. The van der Waals surface area contributed by atoms with E-state index in [1.165, 1.54) is 16.7 Å². The number of hydrogen-bond donors (Lipinski definition) is 2. The normalized spacial score (nSPS) is 25.5. The van der Waals surface area contributed by atoms with E-state index in [2.05, 4.69) is 95.2 Å². The van der Waals surface area contributed by atoms with Crippen LogP contribution in [0.25, 0.3) is 0 Å². The summed E-state index contributed by atoms with van der Waals surface area (Å²) in [5.41, 5.74) is 4.23. The van der Waals surface area contributed by atoms with Gasteiger partial charge in [0.2, 0.25) is 0 Å². The van der Waals surface area contributed by atoms with Crippen molar-refractivity contribution < 1.29 is 29.2 Å². The van der Waals surface area contributed by atoms with Gasteiger partial charge in [0.05, 0.1) is 24.4 Å². The van der Waals surface area contributed by atoms with Crippen molar-refractivity contribution in [3.05, 3.63) is 130 Å². The number of aliphatic hydroxyl groups is 2. The molecule has 0 radical (unpaired) electrons. The molecule has 360 valence electrons. The van der Waals surface area contributed by atoms with Gasteiger partial charge in [0.25, 0.3) is 0 Å². The molecular weight excluding hydrogens is 848 g/mol. The van der Waals surface area contributed by atoms with E-state index >= 15 is 0 Å². The molecule has 4 atom stereocenters. The zero-order valence-electron chi connectivity index (χ0n) is 40.8. The number of piperidine rings is 2. The summed E-state index contributed by atoms with van der Waals surface area (Å²) in [5, 5.41) is 22.3. The Morgan fingerprint density at radius 1 is 0.606 bits per heavy atom. The SMILES string of the molecule is CCCc1ccc(OCc2ccccc2)c(CN2CCC3(CC2)C[C@H](N(C)C)[C@@](C)(O)CO3)c1.CN(C)[C@H]1CC2(CCN(Cc3cc(Cl)ccc3OCc3ccccc3)CC2)OC[C@]1(C)O. The van der Waals surface area contributed by atoms with Gasteiger partial charge < -0.3 is 39.0 Å². The lowest BCUT2D eigenvalue weighted by Crippen LogP contribution is -2.62. The van der Waals surface area contributed by atoms with Gasteiger partial charge in [0, 0.05) is 67.5 Å². The van der Waals surface area contributed by atoms with E-state index in [0.717, 1.165) is 118 Å². The summed E-state index contributed by atoms with van der Waals surface area (Å²) in [4.78, 5) is 9.28. The highest BCUT2D eigenvalue weighted by Crippen LogP contribution is 2.42. The van der Waals surface area contributed by atoms with Gasteiger partial charge in [0.15, 0.2) is 0 Å². The number of aryl methyl sites for hydroxylation is 1. The third kappa shape index (κ3) is 13.2. The zero-order valence-corrected chi connectivity index (χ0v) is 41.6. The second kappa shape index (κ2) is 22.3. The highest BCUT2D eigenvalue weighted by molar-refractivity contribution is 6.30. The molecule has 4 aromatic rings. The molecule has 10 nitrogen and oxygen atoms in total. The van der Waals surface area contributed by atoms with Crippen molar-refractivity contribution in [2.45, 2.75) is 133 Å². The first-order chi connectivity index (χ1) is 31.6. The van der Waals surface area contributed by atoms with Crippen LogP contribution in [0.5, 0.6) is 11.5 Å². The van der Waals surface area contributed by atoms with Crippen LogP contribution < -0.4 is 9.47 Å². The van der Waals surface area contributed by atoms with E-state index in [9.17, 15) is 10.2 Å². The first kappa shape index (κ1) is 50.3. The van der Waals surface area contributed by atoms with Gasteiger partial charge in [-0.05, 0) is 128 Å². The molecular formula is C55H77ClN4O6. The Bertz CT molecular complexity index is 2120. The van der Waals surface area contributed by atoms with Crippen LogP contribution in [0.3, 0.4) is 0 Å². The number of likely N-dealkylation sites (tertiary alicyclic amines) is 2. The summed E-state index contributed by atoms with van der Waals surface area (Å²) in [6.07, 6.45) is 7.92. The van der Waals surface area contributed by atoms with Crippen molar-refractivity contribution in [2.75, 3.05) is 67.6 Å². The van der Waals surface area contributed by atoms with E-state index in [-0.39, 0.29) is 23.3 Å². The molecule has 4 fully saturated rings. The Balaban J connectivity index is 0.000000197. The molecule has 4 aromatic carbocycles. The van der Waals surface area contributed by atoms with E-state index in [1.807, 2.05) is 70.4 Å². The van der Waals surface area contributed by atoms with Crippen molar-refractivity contribution in [1.29, 1.82) is 0 Å². The van der Waals surface area contributed by atoms with Gasteiger partial charge >= 0.3 is 0 Å². The van der Waals surface area contributed by atoms with Crippen LogP contribution in [0.1, 0.15) is 93.5 Å². The second-order valence-electron chi connectivity index (χ2n) is 20.6. The molecule has 0 bridgehead atoms. The molecule has 0 saturated carbocycles. The van der Waals surface area contributed by atoms with Crippen LogP contribution in [0.4, 0.5) is 0 Å². The van der Waals surface area contributed by atoms with Gasteiger partial charge in [0.1, 0.15) is 35.9 Å². The topological polar surface area (TPSA) is 90.3 Å². The van der Waals surface area contributed by atoms with Crippen LogP contribution in [0.2, 0.25) is 5.02 Å². The number of likely N-dealkylation sites (N-methyl/N-ethyl adjacent to an activating group) is 2. The van der Waals surface area contributed by atoms with Crippen LogP contribution in [-0.4, -0.2) is 132 Å². The third-order valence-corrected chi connectivity index (χ3v) is 14.9. The molecule has 2 N–H and O–H groups in total. The average Bonchev–Trinajstić information content (AvgIpc) is 3.30. The number of nitrogens with zero attached hydrogens (tertiary/aromatic N) is 4. The predicted octanol–water partition coefficient (Wildman–Crippen LogP) is 9.01. The Morgan fingerprint density at radius 3 is 1.45 bits per heavy atom. The molecule has 4 saturated heterocycles. The highest BCUT2D eigenvalue weighted by atomic mass is 35.5. The fraction of sp³-hybridized carbons (Fsp3) is 0.564. The first-order valence-electron chi connectivity index (χ1n) is 24.3. The summed E-state index contributed by atoms with van der Waals surface area (Å²) in [6.45, 7) is 13.5. The Hall–Kier alpha value is -3.55. The molecule has 11 heteroatoms. The minimum atomic E-state index is -0.808. The second-order valence-corrected chi connectivity index (χ2v) is 21.0. The number of rotatable bonds is 14. The fourth-order valence-electron chi connectivity index (χ4n) is 10.6. The first-order valence-corrected chi connectivity index (χ1v) is 24.7. The lowest BCUT2D eigenvalue weighted by atomic mass is 9.77. The molecule has 4 aliphatic heterocycles. The van der Waals surface area contributed by atoms with Crippen LogP contribution in [-0.2, 0) is 42.2 Å². The number of hydrogen-bond acceptors (Lipinski definition) is 10. The molecule has 4 heterocycles. The van der Waals surface area contributed by atoms with Crippen molar-refractivity contribution in [1.82, 2.24) is 19.6 Å². The van der Waals surface area contributed by atoms with Gasteiger partial charge in [-0.1, -0.05) is 97.7 Å². The highest BCUT2D eigenvalue weighted by Gasteiger charge is 2.50. The molecule has 8 rings (SSSR count). The van der Waals surface area contributed by atoms with Crippen LogP contribution in [0.15, 0.2) is 97.1 Å². The minimum absolute atomic E-state index is 0.105. The van der Waals surface area contributed by atoms with Crippen LogP contribution in [0, 0.1) is 0 Å². The van der Waals surface area contributed by atoms with E-state index in [1.54, 1.807) is 0 Å². The van der Waals surface area contributed by atoms with E-state index < -0.39 is 11.2 Å². The van der Waals surface area contributed by atoms with Crippen molar-refractivity contribution in [3.8, 4) is 11.5 Å². The average molecular weight is 926 g/mol. The monoisotopic (exact) mass is 925 g/mol. The van der Waals surface area contributed by atoms with Gasteiger partial charge in [-0.2, -0.15) is 0 Å². The Labute approximate surface area is 400 Å². The summed E-state index contributed by atoms with van der Waals surface area (Å²) >= 11 is 6.32. The lowest BCUT2D eigenvalue weighted by molar-refractivity contribution is -0.207. The molecule has 2 spiro atoms. The zero-order chi connectivity index (χ0) is 47.0. The van der Waals surface area contributed by atoms with Gasteiger partial charge in [-0.15, -0.1) is 0 Å². The minimum Gasteiger partial charge on any atom is -0.489 e. The summed E-state index contributed by atoms with van der Waals surface area (Å²) in [6, 6.07) is 33.4. The maximum Gasteiger partial charge on any atom is 0.124 e. The summed E-state index contributed by atoms with van der Waals surface area (Å²) in [5.74, 6) is 1.87. The van der Waals surface area contributed by atoms with Crippen molar-refractivity contribution in [2.24, 2.45) is 0 Å². The summed E-state index contributed by atoms with van der Waals surface area (Å²) < 4.78 is 25.1. The maximum atomic E-state index is 10.8. The van der Waals surface area contributed by atoms with Gasteiger partial charge in [-0.25, -0.2) is 0 Å². The number of halogens is 1. The van der Waals surface area contributed by atoms with Gasteiger partial charge in [-0.3, -0.25) is 9.80 Å². The van der Waals surface area contributed by atoms with E-state index in [0.29, 0.717) is 26.4 Å². The smallest absolute Gasteiger partial charge is 0.124 e. The summed E-state index contributed by atoms with van der Waals surface area (Å²) in [7, 11) is 8.22. The van der Waals surface area contributed by atoms with Crippen LogP contribution >= 0.6 is 11.6 Å². The molecule has 0 amide bonds. The van der Waals surface area contributed by atoms with Crippen molar-refractivity contribution >= 4 is 11.6 Å². The number of benzene rings is 4. The predicted molar refractivity (Wildman–Crippen MR) is 265 cm³/mol. The Morgan fingerprint density at radius 2 is 1.03 bits per heavy atom. The maximum absolute atomic E-state index is 10.8. The lowest BCUT2D eigenvalue weighted by Gasteiger charge is -2.52. The quantitative estimate of drug-likeness (QED) is 0.128. The standard InChI is InChI=1S/C29H42N2O3.C26H35ClN2O3/c1-5-9-23-12-13-26(33-21-24-10-7-6-8-11-24)25(18-23)20-31-16-14-29(15-17-31)19-27(30(3)4)28(2,32)22-34-29;1-25(30)19-32-26(16-24(25)28(2)3)11-13-29(14-12-26)17-21-15-22(27)9-10-23(21)31-18-20-7-5-4-6-8-20/h6-8,10-13,18,27,32H,5,9,14-17,19-22H2,1-4H3;4-10,15,24,30H,11-14,16-19H2,1-3H3/t27-,28-;24-,25-/m00/s1. The molecule has 4 aliphatic rings.